The molecule has 29 heavy (non-hydrogen) atoms. The van der Waals surface area contributed by atoms with Crippen LogP contribution in [0, 0.1) is 6.92 Å². The normalized spacial score (nSPS) is 10.3. The third-order valence-corrected chi connectivity index (χ3v) is 4.73. The first kappa shape index (κ1) is 20.4. The largest absolute Gasteiger partial charge is 0.484 e. The second kappa shape index (κ2) is 9.75. The molecule has 3 aromatic carbocycles. The Balaban J connectivity index is 1.44. The minimum atomic E-state index is -0.380. The van der Waals surface area contributed by atoms with Crippen molar-refractivity contribution in [1.82, 2.24) is 5.32 Å². The molecule has 0 aromatic heterocycles. The molecule has 5 nitrogen and oxygen atoms in total. The molecule has 0 fully saturated rings. The molecule has 0 aliphatic heterocycles. The number of hydrogen-bond donors (Lipinski definition) is 2. The van der Waals surface area contributed by atoms with Crippen molar-refractivity contribution in [2.75, 3.05) is 18.5 Å². The summed E-state index contributed by atoms with van der Waals surface area (Å²) in [6, 6.07) is 22.7. The molecule has 0 bridgehead atoms. The summed E-state index contributed by atoms with van der Waals surface area (Å²) in [7, 11) is 0. The Morgan fingerprint density at radius 1 is 0.862 bits per heavy atom. The van der Waals surface area contributed by atoms with Gasteiger partial charge in [-0.15, -0.1) is 0 Å². The quantitative estimate of drug-likeness (QED) is 0.607. The zero-order valence-electron chi connectivity index (χ0n) is 15.9. The monoisotopic (exact) mass is 408 g/mol. The van der Waals surface area contributed by atoms with Crippen molar-refractivity contribution < 1.29 is 14.3 Å². The van der Waals surface area contributed by atoms with E-state index in [0.717, 1.165) is 16.7 Å². The molecule has 2 N–H and O–H groups in total. The van der Waals surface area contributed by atoms with E-state index in [9.17, 15) is 9.59 Å². The fraction of sp³-hybridized carbons (Fsp3) is 0.130. The summed E-state index contributed by atoms with van der Waals surface area (Å²) < 4.78 is 5.48. The summed E-state index contributed by atoms with van der Waals surface area (Å²) in [5, 5.41) is 5.83. The Morgan fingerprint density at radius 2 is 1.55 bits per heavy atom. The van der Waals surface area contributed by atoms with Gasteiger partial charge in [0.05, 0.1) is 6.54 Å². The predicted octanol–water partition coefficient (Wildman–Crippen LogP) is 4.45. The zero-order valence-corrected chi connectivity index (χ0v) is 16.7. The minimum absolute atomic E-state index is 0.152. The van der Waals surface area contributed by atoms with E-state index in [-0.39, 0.29) is 25.0 Å². The third-order valence-electron chi connectivity index (χ3n) is 4.32. The van der Waals surface area contributed by atoms with E-state index in [0.29, 0.717) is 16.5 Å². The van der Waals surface area contributed by atoms with E-state index < -0.39 is 0 Å². The van der Waals surface area contributed by atoms with E-state index in [1.54, 1.807) is 18.2 Å². The summed E-state index contributed by atoms with van der Waals surface area (Å²) in [6.07, 6.45) is 0. The molecule has 0 saturated heterocycles. The van der Waals surface area contributed by atoms with Gasteiger partial charge in [0, 0.05) is 10.7 Å². The number of benzene rings is 3. The fourth-order valence-electron chi connectivity index (χ4n) is 2.69. The highest BCUT2D eigenvalue weighted by atomic mass is 35.5. The van der Waals surface area contributed by atoms with Crippen LogP contribution in [0.15, 0.2) is 72.8 Å². The molecule has 0 aliphatic rings. The van der Waals surface area contributed by atoms with Crippen molar-refractivity contribution in [3.05, 3.63) is 83.4 Å². The number of nitrogens with one attached hydrogen (secondary N) is 2. The fourth-order valence-corrected chi connectivity index (χ4v) is 2.86. The van der Waals surface area contributed by atoms with E-state index in [1.165, 1.54) is 0 Å². The van der Waals surface area contributed by atoms with Crippen molar-refractivity contribution in [1.29, 1.82) is 0 Å². The third kappa shape index (κ3) is 5.83. The van der Waals surface area contributed by atoms with Crippen LogP contribution < -0.4 is 15.4 Å². The van der Waals surface area contributed by atoms with Gasteiger partial charge in [-0.25, -0.2) is 0 Å². The standard InChI is InChI=1S/C23H21ClN2O3/c1-16-20(24)8-5-9-21(16)26-22(27)14-25-23(28)15-29-19-12-10-18(11-13-19)17-6-3-2-4-7-17/h2-13H,14-15H2,1H3,(H,25,28)(H,26,27). The molecular weight excluding hydrogens is 388 g/mol. The van der Waals surface area contributed by atoms with Gasteiger partial charge < -0.3 is 15.4 Å². The first-order chi connectivity index (χ1) is 14.0. The molecule has 3 rings (SSSR count). The van der Waals surface area contributed by atoms with Crippen LogP contribution in [0.25, 0.3) is 11.1 Å². The first-order valence-corrected chi connectivity index (χ1v) is 9.50. The highest BCUT2D eigenvalue weighted by Crippen LogP contribution is 2.23. The van der Waals surface area contributed by atoms with E-state index in [1.807, 2.05) is 61.5 Å². The molecule has 2 amide bonds. The van der Waals surface area contributed by atoms with Crippen LogP contribution >= 0.6 is 11.6 Å². The number of anilines is 1. The van der Waals surface area contributed by atoms with Crippen molar-refractivity contribution in [2.24, 2.45) is 0 Å². The lowest BCUT2D eigenvalue weighted by Crippen LogP contribution is -2.35. The summed E-state index contributed by atoms with van der Waals surface area (Å²) in [4.78, 5) is 24.0. The average Bonchev–Trinajstić information content (AvgIpc) is 2.75. The SMILES string of the molecule is Cc1c(Cl)cccc1NC(=O)CNC(=O)COc1ccc(-c2ccccc2)cc1. The number of halogens is 1. The lowest BCUT2D eigenvalue weighted by Gasteiger charge is -2.11. The summed E-state index contributed by atoms with van der Waals surface area (Å²) in [5.41, 5.74) is 3.57. The van der Waals surface area contributed by atoms with Crippen LogP contribution in [0.1, 0.15) is 5.56 Å². The molecule has 0 spiro atoms. The highest BCUT2D eigenvalue weighted by Gasteiger charge is 2.09. The van der Waals surface area contributed by atoms with Crippen molar-refractivity contribution >= 4 is 29.1 Å². The first-order valence-electron chi connectivity index (χ1n) is 9.13. The smallest absolute Gasteiger partial charge is 0.258 e. The van der Waals surface area contributed by atoms with E-state index >= 15 is 0 Å². The second-order valence-corrected chi connectivity index (χ2v) is 6.82. The van der Waals surface area contributed by atoms with Crippen molar-refractivity contribution in [3.63, 3.8) is 0 Å². The summed E-state index contributed by atoms with van der Waals surface area (Å²) in [6.45, 7) is 1.49. The van der Waals surface area contributed by atoms with E-state index in [4.69, 9.17) is 16.3 Å². The molecule has 0 radical (unpaired) electrons. The Kier molecular flexibility index (Phi) is 6.87. The van der Waals surface area contributed by atoms with Crippen LogP contribution in [0.3, 0.4) is 0 Å². The van der Waals surface area contributed by atoms with Gasteiger partial charge in [0.1, 0.15) is 5.75 Å². The Morgan fingerprint density at radius 3 is 2.28 bits per heavy atom. The maximum atomic E-state index is 12.0. The molecule has 0 heterocycles. The number of amides is 2. The van der Waals surface area contributed by atoms with Crippen LogP contribution in [0.2, 0.25) is 5.02 Å². The van der Waals surface area contributed by atoms with Gasteiger partial charge >= 0.3 is 0 Å². The zero-order chi connectivity index (χ0) is 20.6. The van der Waals surface area contributed by atoms with Crippen LogP contribution in [-0.4, -0.2) is 25.0 Å². The Bertz CT molecular complexity index is 989. The molecule has 0 aliphatic carbocycles. The maximum absolute atomic E-state index is 12.0. The molecule has 0 saturated carbocycles. The molecule has 6 heteroatoms. The Hall–Kier alpha value is -3.31. The molecular formula is C23H21ClN2O3. The van der Waals surface area contributed by atoms with Crippen molar-refractivity contribution in [2.45, 2.75) is 6.92 Å². The topological polar surface area (TPSA) is 67.4 Å². The number of ether oxygens (including phenoxy) is 1. The van der Waals surface area contributed by atoms with Crippen LogP contribution in [0.5, 0.6) is 5.75 Å². The van der Waals surface area contributed by atoms with E-state index in [2.05, 4.69) is 10.6 Å². The average molecular weight is 409 g/mol. The number of rotatable bonds is 7. The Labute approximate surface area is 174 Å². The number of carbonyl (C=O) groups excluding carboxylic acids is 2. The lowest BCUT2D eigenvalue weighted by molar-refractivity contribution is -0.125. The molecule has 0 atom stereocenters. The molecule has 148 valence electrons. The highest BCUT2D eigenvalue weighted by molar-refractivity contribution is 6.31. The van der Waals surface area contributed by atoms with Crippen molar-refractivity contribution in [3.8, 4) is 16.9 Å². The lowest BCUT2D eigenvalue weighted by atomic mass is 10.1. The van der Waals surface area contributed by atoms with Gasteiger partial charge in [0.2, 0.25) is 5.91 Å². The molecule has 3 aromatic rings. The number of carbonyl (C=O) groups is 2. The predicted molar refractivity (Wildman–Crippen MR) is 115 cm³/mol. The summed E-state index contributed by atoms with van der Waals surface area (Å²) >= 11 is 6.03. The van der Waals surface area contributed by atoms with Gasteiger partial charge in [-0.1, -0.05) is 60.1 Å². The molecule has 0 unspecified atom stereocenters. The van der Waals surface area contributed by atoms with Crippen LogP contribution in [-0.2, 0) is 9.59 Å². The van der Waals surface area contributed by atoms with Gasteiger partial charge in [-0.05, 0) is 47.9 Å². The maximum Gasteiger partial charge on any atom is 0.258 e. The van der Waals surface area contributed by atoms with Gasteiger partial charge in [0.15, 0.2) is 6.61 Å². The second-order valence-electron chi connectivity index (χ2n) is 6.42. The van der Waals surface area contributed by atoms with Gasteiger partial charge in [-0.2, -0.15) is 0 Å². The minimum Gasteiger partial charge on any atom is -0.484 e. The van der Waals surface area contributed by atoms with Crippen LogP contribution in [0.4, 0.5) is 5.69 Å². The van der Waals surface area contributed by atoms with Gasteiger partial charge in [0.25, 0.3) is 5.91 Å². The van der Waals surface area contributed by atoms with Gasteiger partial charge in [-0.3, -0.25) is 9.59 Å². The summed E-state index contributed by atoms with van der Waals surface area (Å²) in [5.74, 6) is -0.134. The number of hydrogen-bond acceptors (Lipinski definition) is 3.